The van der Waals surface area contributed by atoms with E-state index in [0.29, 0.717) is 0 Å². The van der Waals surface area contributed by atoms with Gasteiger partial charge in [-0.05, 0) is 25.1 Å². The summed E-state index contributed by atoms with van der Waals surface area (Å²) in [5.74, 6) is 0. The molecule has 0 atom stereocenters. The molecule has 0 heterocycles. The summed E-state index contributed by atoms with van der Waals surface area (Å²) >= 11 is 2.80. The minimum absolute atomic E-state index is 0.0268. The van der Waals surface area contributed by atoms with Crippen molar-refractivity contribution in [3.05, 3.63) is 28.2 Å². The summed E-state index contributed by atoms with van der Waals surface area (Å²) in [6.45, 7) is 1.75. The van der Waals surface area contributed by atoms with Gasteiger partial charge in [-0.2, -0.15) is 13.2 Å². The first-order valence-electron chi connectivity index (χ1n) is 4.65. The standard InChI is InChI=1S/C10H9BrF3NO2/c1-2-17-9(16)15-6-3-4-8(11)7(5-6)10(12,13)14/h3-5H,2H2,1H3,(H,15,16). The molecule has 0 bridgehead atoms. The second-order valence-electron chi connectivity index (χ2n) is 3.04. The van der Waals surface area contributed by atoms with E-state index in [1.54, 1.807) is 6.92 Å². The first kappa shape index (κ1) is 13.8. The van der Waals surface area contributed by atoms with E-state index in [-0.39, 0.29) is 16.8 Å². The number of rotatable bonds is 2. The molecule has 1 amide bonds. The van der Waals surface area contributed by atoms with Gasteiger partial charge in [-0.3, -0.25) is 5.32 Å². The number of alkyl halides is 3. The molecule has 17 heavy (non-hydrogen) atoms. The van der Waals surface area contributed by atoms with Crippen LogP contribution < -0.4 is 5.32 Å². The van der Waals surface area contributed by atoms with Crippen molar-refractivity contribution in [2.24, 2.45) is 0 Å². The molecule has 94 valence electrons. The number of amides is 1. The van der Waals surface area contributed by atoms with E-state index in [1.807, 2.05) is 0 Å². The molecule has 7 heteroatoms. The normalized spacial score (nSPS) is 11.1. The maximum Gasteiger partial charge on any atom is 0.417 e. The Morgan fingerprint density at radius 2 is 2.12 bits per heavy atom. The van der Waals surface area contributed by atoms with Crippen molar-refractivity contribution in [2.45, 2.75) is 13.1 Å². The average molecular weight is 312 g/mol. The third kappa shape index (κ3) is 3.92. The van der Waals surface area contributed by atoms with E-state index in [2.05, 4.69) is 26.0 Å². The fraction of sp³-hybridized carbons (Fsp3) is 0.300. The Labute approximate surface area is 104 Å². The lowest BCUT2D eigenvalue weighted by Gasteiger charge is -2.11. The van der Waals surface area contributed by atoms with Crippen molar-refractivity contribution in [1.82, 2.24) is 0 Å². The predicted molar refractivity (Wildman–Crippen MR) is 59.8 cm³/mol. The van der Waals surface area contributed by atoms with Crippen molar-refractivity contribution in [2.75, 3.05) is 11.9 Å². The third-order valence-electron chi connectivity index (χ3n) is 1.79. The van der Waals surface area contributed by atoms with Crippen LogP contribution in [0.5, 0.6) is 0 Å². The van der Waals surface area contributed by atoms with E-state index in [4.69, 9.17) is 0 Å². The molecule has 1 aromatic rings. The molecule has 0 aliphatic carbocycles. The van der Waals surface area contributed by atoms with E-state index < -0.39 is 17.8 Å². The number of halogens is 4. The van der Waals surface area contributed by atoms with Crippen molar-refractivity contribution in [3.63, 3.8) is 0 Å². The summed E-state index contributed by atoms with van der Waals surface area (Å²) < 4.78 is 42.1. The van der Waals surface area contributed by atoms with Crippen LogP contribution >= 0.6 is 15.9 Å². The maximum absolute atomic E-state index is 12.5. The first-order valence-corrected chi connectivity index (χ1v) is 5.44. The van der Waals surface area contributed by atoms with Crippen LogP contribution in [0.1, 0.15) is 12.5 Å². The van der Waals surface area contributed by atoms with Crippen molar-refractivity contribution in [3.8, 4) is 0 Å². The minimum atomic E-state index is -4.48. The first-order chi connectivity index (χ1) is 7.84. The number of carbonyl (C=O) groups is 1. The van der Waals surface area contributed by atoms with Gasteiger partial charge in [0.1, 0.15) is 0 Å². The molecule has 0 saturated heterocycles. The Kier molecular flexibility index (Phi) is 4.39. The van der Waals surface area contributed by atoms with Gasteiger partial charge in [0.15, 0.2) is 0 Å². The Bertz CT molecular complexity index is 421. The molecule has 1 N–H and O–H groups in total. The summed E-state index contributed by atoms with van der Waals surface area (Å²) in [4.78, 5) is 11.0. The number of nitrogens with one attached hydrogen (secondary N) is 1. The zero-order valence-corrected chi connectivity index (χ0v) is 10.4. The SMILES string of the molecule is CCOC(=O)Nc1ccc(Br)c(C(F)(F)F)c1. The molecule has 1 rings (SSSR count). The number of hydrogen-bond acceptors (Lipinski definition) is 2. The second kappa shape index (κ2) is 5.39. The fourth-order valence-electron chi connectivity index (χ4n) is 1.11. The van der Waals surface area contributed by atoms with Gasteiger partial charge in [0.05, 0.1) is 12.2 Å². The van der Waals surface area contributed by atoms with Crippen LogP contribution in [0.2, 0.25) is 0 Å². The van der Waals surface area contributed by atoms with Crippen LogP contribution in [0.15, 0.2) is 22.7 Å². The number of anilines is 1. The molecule has 1 aromatic carbocycles. The maximum atomic E-state index is 12.5. The van der Waals surface area contributed by atoms with Gasteiger partial charge in [-0.15, -0.1) is 0 Å². The van der Waals surface area contributed by atoms with Crippen molar-refractivity contribution in [1.29, 1.82) is 0 Å². The predicted octanol–water partition coefficient (Wildman–Crippen LogP) is 4.04. The highest BCUT2D eigenvalue weighted by molar-refractivity contribution is 9.10. The largest absolute Gasteiger partial charge is 0.450 e. The van der Waals surface area contributed by atoms with Gasteiger partial charge in [0.2, 0.25) is 0 Å². The lowest BCUT2D eigenvalue weighted by Crippen LogP contribution is -2.14. The average Bonchev–Trinajstić information content (AvgIpc) is 2.19. The lowest BCUT2D eigenvalue weighted by atomic mass is 10.2. The molecule has 0 aromatic heterocycles. The van der Waals surface area contributed by atoms with Gasteiger partial charge in [0, 0.05) is 10.2 Å². The molecular weight excluding hydrogens is 303 g/mol. The van der Waals surface area contributed by atoms with Crippen LogP contribution in [-0.2, 0) is 10.9 Å². The Morgan fingerprint density at radius 1 is 1.47 bits per heavy atom. The van der Waals surface area contributed by atoms with Gasteiger partial charge in [0.25, 0.3) is 0 Å². The highest BCUT2D eigenvalue weighted by atomic mass is 79.9. The quantitative estimate of drug-likeness (QED) is 0.895. The molecule has 0 saturated carbocycles. The highest BCUT2D eigenvalue weighted by Gasteiger charge is 2.33. The Balaban J connectivity index is 2.93. The molecule has 0 aliphatic rings. The highest BCUT2D eigenvalue weighted by Crippen LogP contribution is 2.36. The Hall–Kier alpha value is -1.24. The van der Waals surface area contributed by atoms with Crippen molar-refractivity contribution < 1.29 is 22.7 Å². The van der Waals surface area contributed by atoms with Crippen LogP contribution in [0.3, 0.4) is 0 Å². The number of benzene rings is 1. The zero-order chi connectivity index (χ0) is 13.1. The molecule has 0 spiro atoms. The van der Waals surface area contributed by atoms with E-state index >= 15 is 0 Å². The minimum Gasteiger partial charge on any atom is -0.450 e. The zero-order valence-electron chi connectivity index (χ0n) is 8.77. The van der Waals surface area contributed by atoms with Gasteiger partial charge in [-0.25, -0.2) is 4.79 Å². The van der Waals surface area contributed by atoms with Crippen LogP contribution in [0.25, 0.3) is 0 Å². The molecule has 0 fully saturated rings. The fourth-order valence-corrected chi connectivity index (χ4v) is 1.58. The summed E-state index contributed by atoms with van der Waals surface area (Å²) in [7, 11) is 0. The van der Waals surface area contributed by atoms with Gasteiger partial charge >= 0.3 is 12.3 Å². The molecule has 0 unspecified atom stereocenters. The monoisotopic (exact) mass is 311 g/mol. The van der Waals surface area contributed by atoms with Crippen LogP contribution in [0.4, 0.5) is 23.7 Å². The lowest BCUT2D eigenvalue weighted by molar-refractivity contribution is -0.138. The van der Waals surface area contributed by atoms with E-state index in [9.17, 15) is 18.0 Å². The van der Waals surface area contributed by atoms with Crippen LogP contribution in [0, 0.1) is 0 Å². The van der Waals surface area contributed by atoms with E-state index in [0.717, 1.165) is 6.07 Å². The molecule has 3 nitrogen and oxygen atoms in total. The third-order valence-corrected chi connectivity index (χ3v) is 2.49. The van der Waals surface area contributed by atoms with Crippen LogP contribution in [-0.4, -0.2) is 12.7 Å². The number of hydrogen-bond donors (Lipinski definition) is 1. The summed E-state index contributed by atoms with van der Waals surface area (Å²) in [6.07, 6.45) is -5.27. The molecule has 0 radical (unpaired) electrons. The second-order valence-corrected chi connectivity index (χ2v) is 3.89. The summed E-state index contributed by atoms with van der Waals surface area (Å²) in [5.41, 5.74) is -0.828. The summed E-state index contributed by atoms with van der Waals surface area (Å²) in [5, 5.41) is 2.20. The number of carbonyl (C=O) groups excluding carboxylic acids is 1. The smallest absolute Gasteiger partial charge is 0.417 e. The number of ether oxygens (including phenoxy) is 1. The van der Waals surface area contributed by atoms with Gasteiger partial charge in [-0.1, -0.05) is 15.9 Å². The van der Waals surface area contributed by atoms with E-state index in [1.165, 1.54) is 12.1 Å². The van der Waals surface area contributed by atoms with Gasteiger partial charge < -0.3 is 4.74 Å². The summed E-state index contributed by atoms with van der Waals surface area (Å²) in [6, 6.07) is 3.39. The topological polar surface area (TPSA) is 38.3 Å². The molecular formula is C10H9BrF3NO2. The Morgan fingerprint density at radius 3 is 2.65 bits per heavy atom. The van der Waals surface area contributed by atoms with Crippen molar-refractivity contribution >= 4 is 27.7 Å². The molecule has 0 aliphatic heterocycles.